The topological polar surface area (TPSA) is 74.8 Å². The summed E-state index contributed by atoms with van der Waals surface area (Å²) in [7, 11) is 1.61. The Morgan fingerprint density at radius 3 is 2.33 bits per heavy atom. The highest BCUT2D eigenvalue weighted by Crippen LogP contribution is 2.19. The third kappa shape index (κ3) is 5.49. The fourth-order valence-corrected chi connectivity index (χ4v) is 3.90. The maximum Gasteiger partial charge on any atom is 0.254 e. The van der Waals surface area contributed by atoms with Crippen molar-refractivity contribution in [2.45, 2.75) is 13.3 Å². The van der Waals surface area contributed by atoms with Gasteiger partial charge in [-0.2, -0.15) is 0 Å². The number of anilines is 2. The summed E-state index contributed by atoms with van der Waals surface area (Å²) >= 11 is 0. The summed E-state index contributed by atoms with van der Waals surface area (Å²) in [5, 5.41) is 2.89. The minimum Gasteiger partial charge on any atom is -0.497 e. The second-order valence-corrected chi connectivity index (χ2v) is 8.07. The van der Waals surface area contributed by atoms with Gasteiger partial charge in [0.1, 0.15) is 11.6 Å². The molecule has 2 amide bonds. The number of carbonyl (C=O) groups excluding carboxylic acids is 2. The summed E-state index contributed by atoms with van der Waals surface area (Å²) < 4.78 is 5.14. The molecule has 2 aromatic carbocycles. The zero-order valence-corrected chi connectivity index (χ0v) is 19.0. The summed E-state index contributed by atoms with van der Waals surface area (Å²) in [5.41, 5.74) is 3.33. The minimum atomic E-state index is -0.0990. The molecular formula is C26H28N4O3. The molecule has 3 aromatic rings. The minimum absolute atomic E-state index is 0.0793. The third-order valence-electron chi connectivity index (χ3n) is 5.82. The highest BCUT2D eigenvalue weighted by Gasteiger charge is 2.23. The van der Waals surface area contributed by atoms with Gasteiger partial charge in [-0.15, -0.1) is 0 Å². The van der Waals surface area contributed by atoms with Crippen LogP contribution in [-0.4, -0.2) is 55.0 Å². The van der Waals surface area contributed by atoms with E-state index in [2.05, 4.69) is 15.2 Å². The third-order valence-corrected chi connectivity index (χ3v) is 5.82. The Balaban J connectivity index is 1.29. The number of nitrogens with one attached hydrogen (secondary N) is 1. The lowest BCUT2D eigenvalue weighted by atomic mass is 10.1. The van der Waals surface area contributed by atoms with Crippen molar-refractivity contribution in [1.29, 1.82) is 0 Å². The number of amides is 2. The zero-order chi connectivity index (χ0) is 23.2. The van der Waals surface area contributed by atoms with Crippen LogP contribution in [0, 0.1) is 6.92 Å². The maximum atomic E-state index is 12.8. The highest BCUT2D eigenvalue weighted by atomic mass is 16.5. The summed E-state index contributed by atoms with van der Waals surface area (Å²) in [6.07, 6.45) is 1.95. The summed E-state index contributed by atoms with van der Waals surface area (Å²) in [6, 6.07) is 18.9. The molecule has 33 heavy (non-hydrogen) atoms. The molecule has 0 atom stereocenters. The van der Waals surface area contributed by atoms with Gasteiger partial charge in [0.2, 0.25) is 5.91 Å². The van der Waals surface area contributed by atoms with Crippen LogP contribution in [0.2, 0.25) is 0 Å². The molecule has 7 nitrogen and oxygen atoms in total. The van der Waals surface area contributed by atoms with Crippen LogP contribution in [0.15, 0.2) is 66.9 Å². The Bertz CT molecular complexity index is 1110. The first-order valence-corrected chi connectivity index (χ1v) is 11.0. The van der Waals surface area contributed by atoms with Crippen LogP contribution in [0.5, 0.6) is 5.75 Å². The van der Waals surface area contributed by atoms with E-state index >= 15 is 0 Å². The van der Waals surface area contributed by atoms with E-state index in [1.165, 1.54) is 0 Å². The first-order valence-electron chi connectivity index (χ1n) is 11.0. The molecule has 0 bridgehead atoms. The number of ether oxygens (including phenoxy) is 1. The molecule has 2 heterocycles. The van der Waals surface area contributed by atoms with E-state index in [9.17, 15) is 9.59 Å². The van der Waals surface area contributed by atoms with Gasteiger partial charge < -0.3 is 19.9 Å². The Kier molecular flexibility index (Phi) is 6.88. The van der Waals surface area contributed by atoms with Gasteiger partial charge in [-0.25, -0.2) is 4.98 Å². The summed E-state index contributed by atoms with van der Waals surface area (Å²) in [6.45, 7) is 4.69. The molecule has 1 fully saturated rings. The molecule has 1 aromatic heterocycles. The van der Waals surface area contributed by atoms with Crippen LogP contribution >= 0.6 is 0 Å². The number of methoxy groups -OCH3 is 1. The van der Waals surface area contributed by atoms with Crippen molar-refractivity contribution in [3.05, 3.63) is 83.6 Å². The molecule has 170 valence electrons. The van der Waals surface area contributed by atoms with Crippen LogP contribution in [0.3, 0.4) is 0 Å². The van der Waals surface area contributed by atoms with Gasteiger partial charge in [-0.05, 0) is 48.4 Å². The second kappa shape index (κ2) is 10.2. The average Bonchev–Trinajstić information content (AvgIpc) is 2.85. The Morgan fingerprint density at radius 1 is 0.970 bits per heavy atom. The van der Waals surface area contributed by atoms with E-state index in [1.807, 2.05) is 72.5 Å². The lowest BCUT2D eigenvalue weighted by Gasteiger charge is -2.35. The number of piperazine rings is 1. The van der Waals surface area contributed by atoms with Crippen LogP contribution in [0.4, 0.5) is 11.5 Å². The molecule has 0 spiro atoms. The van der Waals surface area contributed by atoms with Crippen molar-refractivity contribution >= 4 is 23.3 Å². The van der Waals surface area contributed by atoms with Crippen molar-refractivity contribution in [2.24, 2.45) is 0 Å². The first kappa shape index (κ1) is 22.3. The molecule has 4 rings (SSSR count). The van der Waals surface area contributed by atoms with Crippen molar-refractivity contribution in [3.8, 4) is 5.75 Å². The predicted octanol–water partition coefficient (Wildman–Crippen LogP) is 3.54. The number of hydrogen-bond donors (Lipinski definition) is 1. The molecule has 1 N–H and O–H groups in total. The van der Waals surface area contributed by atoms with Crippen molar-refractivity contribution in [1.82, 2.24) is 9.88 Å². The van der Waals surface area contributed by atoms with E-state index in [-0.39, 0.29) is 18.2 Å². The van der Waals surface area contributed by atoms with E-state index in [1.54, 1.807) is 13.3 Å². The van der Waals surface area contributed by atoms with Crippen molar-refractivity contribution < 1.29 is 14.3 Å². The zero-order valence-electron chi connectivity index (χ0n) is 19.0. The van der Waals surface area contributed by atoms with Crippen molar-refractivity contribution in [3.63, 3.8) is 0 Å². The lowest BCUT2D eigenvalue weighted by Crippen LogP contribution is -2.49. The molecular weight excluding hydrogens is 416 g/mol. The summed E-state index contributed by atoms with van der Waals surface area (Å²) in [5.74, 6) is 1.58. The van der Waals surface area contributed by atoms with Crippen LogP contribution in [0.25, 0.3) is 0 Å². The number of aryl methyl sites for hydroxylation is 1. The van der Waals surface area contributed by atoms with Gasteiger partial charge in [0.15, 0.2) is 0 Å². The number of nitrogens with zero attached hydrogens (tertiary/aromatic N) is 3. The number of benzene rings is 2. The Morgan fingerprint density at radius 2 is 1.70 bits per heavy atom. The normalized spacial score (nSPS) is 13.5. The largest absolute Gasteiger partial charge is 0.497 e. The van der Waals surface area contributed by atoms with Gasteiger partial charge in [0.05, 0.1) is 25.4 Å². The maximum absolute atomic E-state index is 12.8. The SMILES string of the molecule is COc1ccc(CC(=O)Nc2ccc(N3CCN(C(=O)c4ccccc4C)CC3)nc2)cc1. The molecule has 1 aliphatic rings. The molecule has 1 aliphatic heterocycles. The average molecular weight is 445 g/mol. The fourth-order valence-electron chi connectivity index (χ4n) is 3.90. The molecule has 0 aliphatic carbocycles. The van der Waals surface area contributed by atoms with Crippen LogP contribution in [0.1, 0.15) is 21.5 Å². The molecule has 0 saturated carbocycles. The molecule has 1 saturated heterocycles. The van der Waals surface area contributed by atoms with Gasteiger partial charge >= 0.3 is 0 Å². The van der Waals surface area contributed by atoms with E-state index in [0.717, 1.165) is 28.3 Å². The number of rotatable bonds is 6. The van der Waals surface area contributed by atoms with Crippen LogP contribution < -0.4 is 15.0 Å². The van der Waals surface area contributed by atoms with Gasteiger partial charge in [-0.3, -0.25) is 9.59 Å². The van der Waals surface area contributed by atoms with Gasteiger partial charge in [0, 0.05) is 31.7 Å². The number of hydrogen-bond acceptors (Lipinski definition) is 5. The van der Waals surface area contributed by atoms with E-state index in [4.69, 9.17) is 4.74 Å². The standard InChI is InChI=1S/C26H28N4O3/c1-19-5-3-4-6-23(19)26(32)30-15-13-29(14-16-30)24-12-9-21(18-27-24)28-25(31)17-20-7-10-22(33-2)11-8-20/h3-12,18H,13-17H2,1-2H3,(H,28,31). The number of aromatic nitrogens is 1. The Hall–Kier alpha value is -3.87. The Labute approximate surface area is 194 Å². The monoisotopic (exact) mass is 444 g/mol. The smallest absolute Gasteiger partial charge is 0.254 e. The van der Waals surface area contributed by atoms with Gasteiger partial charge in [-0.1, -0.05) is 30.3 Å². The fraction of sp³-hybridized carbons (Fsp3) is 0.269. The molecule has 7 heteroatoms. The van der Waals surface area contributed by atoms with E-state index in [0.29, 0.717) is 31.9 Å². The van der Waals surface area contributed by atoms with Crippen molar-refractivity contribution in [2.75, 3.05) is 43.5 Å². The van der Waals surface area contributed by atoms with Gasteiger partial charge in [0.25, 0.3) is 5.91 Å². The predicted molar refractivity (Wildman–Crippen MR) is 129 cm³/mol. The number of carbonyl (C=O) groups is 2. The quantitative estimate of drug-likeness (QED) is 0.630. The molecule has 0 radical (unpaired) electrons. The second-order valence-electron chi connectivity index (χ2n) is 8.07. The van der Waals surface area contributed by atoms with Crippen LogP contribution in [-0.2, 0) is 11.2 Å². The highest BCUT2D eigenvalue weighted by molar-refractivity contribution is 5.95. The number of pyridine rings is 1. The first-order chi connectivity index (χ1) is 16.0. The van der Waals surface area contributed by atoms with E-state index < -0.39 is 0 Å². The summed E-state index contributed by atoms with van der Waals surface area (Å²) in [4.78, 5) is 33.7. The lowest BCUT2D eigenvalue weighted by molar-refractivity contribution is -0.115. The molecule has 0 unspecified atom stereocenters.